The number of urea groups is 1. The first-order valence-electron chi connectivity index (χ1n) is 10.3. The molecule has 0 radical (unpaired) electrons. The molecule has 2 aromatic heterocycles. The number of para-hydroxylation sites is 1. The van der Waals surface area contributed by atoms with Gasteiger partial charge in [-0.05, 0) is 44.2 Å². The highest BCUT2D eigenvalue weighted by atomic mass is 16.2. The second-order valence-corrected chi connectivity index (χ2v) is 7.76. The first kappa shape index (κ1) is 17.9. The predicted molar refractivity (Wildman–Crippen MR) is 111 cm³/mol. The van der Waals surface area contributed by atoms with Crippen LogP contribution in [0.4, 0.5) is 16.3 Å². The molecule has 0 saturated carbocycles. The monoisotopic (exact) mass is 391 g/mol. The first-order valence-corrected chi connectivity index (χ1v) is 10.3. The number of piperazine rings is 1. The predicted octanol–water partition coefficient (Wildman–Crippen LogP) is 2.67. The molecule has 0 atom stereocenters. The van der Waals surface area contributed by atoms with E-state index in [1.165, 1.54) is 18.4 Å². The molecule has 0 bridgehead atoms. The van der Waals surface area contributed by atoms with Gasteiger partial charge in [0.25, 0.3) is 5.78 Å². The Morgan fingerprint density at radius 2 is 1.86 bits per heavy atom. The van der Waals surface area contributed by atoms with Crippen LogP contribution in [-0.4, -0.2) is 56.7 Å². The summed E-state index contributed by atoms with van der Waals surface area (Å²) >= 11 is 0. The molecule has 1 aromatic carbocycles. The Balaban J connectivity index is 1.34. The molecule has 3 heterocycles. The third-order valence-corrected chi connectivity index (χ3v) is 5.93. The maximum Gasteiger partial charge on any atom is 0.321 e. The Bertz CT molecular complexity index is 1050. The average Bonchev–Trinajstić information content (AvgIpc) is 3.22. The van der Waals surface area contributed by atoms with Gasteiger partial charge in [0.05, 0.1) is 5.69 Å². The molecular weight excluding hydrogens is 366 g/mol. The lowest BCUT2D eigenvalue weighted by atomic mass is 9.96. The molecule has 0 unspecified atom stereocenters. The van der Waals surface area contributed by atoms with Crippen LogP contribution in [0.1, 0.15) is 29.7 Å². The van der Waals surface area contributed by atoms with Crippen LogP contribution in [0.3, 0.4) is 0 Å². The van der Waals surface area contributed by atoms with Crippen LogP contribution in [0.25, 0.3) is 5.78 Å². The summed E-state index contributed by atoms with van der Waals surface area (Å²) in [4.78, 5) is 26.0. The molecule has 3 aromatic rings. The summed E-state index contributed by atoms with van der Waals surface area (Å²) in [6.07, 6.45) is 5.96. The third-order valence-electron chi connectivity index (χ3n) is 5.93. The minimum absolute atomic E-state index is 0.0402. The van der Waals surface area contributed by atoms with Gasteiger partial charge in [-0.2, -0.15) is 14.6 Å². The van der Waals surface area contributed by atoms with Gasteiger partial charge in [-0.1, -0.05) is 18.2 Å². The van der Waals surface area contributed by atoms with Crippen molar-refractivity contribution in [2.24, 2.45) is 0 Å². The van der Waals surface area contributed by atoms with Crippen LogP contribution in [0.15, 0.2) is 30.6 Å². The molecule has 8 nitrogen and oxygen atoms in total. The SMILES string of the molecule is Cc1ccccc1NC(=O)N1CCN(c2c3c(nc4ncnn24)CCCC3)CC1. The lowest BCUT2D eigenvalue weighted by Crippen LogP contribution is -2.51. The molecule has 1 aliphatic carbocycles. The van der Waals surface area contributed by atoms with E-state index in [4.69, 9.17) is 4.98 Å². The summed E-state index contributed by atoms with van der Waals surface area (Å²) < 4.78 is 1.87. The number of hydrogen-bond acceptors (Lipinski definition) is 5. The number of amides is 2. The fourth-order valence-electron chi connectivity index (χ4n) is 4.32. The molecule has 1 N–H and O–H groups in total. The highest BCUT2D eigenvalue weighted by Crippen LogP contribution is 2.30. The van der Waals surface area contributed by atoms with Gasteiger partial charge in [-0.3, -0.25) is 0 Å². The van der Waals surface area contributed by atoms with Crippen molar-refractivity contribution in [2.45, 2.75) is 32.6 Å². The second-order valence-electron chi connectivity index (χ2n) is 7.76. The molecule has 0 spiro atoms. The van der Waals surface area contributed by atoms with Crippen LogP contribution >= 0.6 is 0 Å². The van der Waals surface area contributed by atoms with E-state index < -0.39 is 0 Å². The van der Waals surface area contributed by atoms with E-state index in [2.05, 4.69) is 20.3 Å². The summed E-state index contributed by atoms with van der Waals surface area (Å²) in [5.74, 6) is 1.78. The van der Waals surface area contributed by atoms with Gasteiger partial charge in [-0.25, -0.2) is 9.78 Å². The van der Waals surface area contributed by atoms with Crippen LogP contribution in [-0.2, 0) is 12.8 Å². The molecule has 8 heteroatoms. The zero-order chi connectivity index (χ0) is 19.8. The minimum atomic E-state index is -0.0402. The molecular formula is C21H25N7O. The van der Waals surface area contributed by atoms with E-state index in [1.54, 1.807) is 6.33 Å². The lowest BCUT2D eigenvalue weighted by molar-refractivity contribution is 0.208. The number of fused-ring (bicyclic) bond motifs is 2. The Morgan fingerprint density at radius 1 is 1.07 bits per heavy atom. The Kier molecular flexibility index (Phi) is 4.54. The number of carbonyl (C=O) groups is 1. The Hall–Kier alpha value is -3.16. The van der Waals surface area contributed by atoms with Gasteiger partial charge < -0.3 is 15.1 Å². The van der Waals surface area contributed by atoms with E-state index in [1.807, 2.05) is 40.6 Å². The molecule has 1 aliphatic heterocycles. The van der Waals surface area contributed by atoms with Gasteiger partial charge >= 0.3 is 6.03 Å². The average molecular weight is 391 g/mol. The minimum Gasteiger partial charge on any atom is -0.353 e. The van der Waals surface area contributed by atoms with Crippen LogP contribution < -0.4 is 10.2 Å². The maximum atomic E-state index is 12.7. The van der Waals surface area contributed by atoms with Crippen molar-refractivity contribution in [1.82, 2.24) is 24.5 Å². The number of nitrogens with zero attached hydrogens (tertiary/aromatic N) is 6. The van der Waals surface area contributed by atoms with E-state index >= 15 is 0 Å². The Labute approximate surface area is 169 Å². The Morgan fingerprint density at radius 3 is 2.69 bits per heavy atom. The number of aromatic nitrogens is 4. The molecule has 5 rings (SSSR count). The highest BCUT2D eigenvalue weighted by Gasteiger charge is 2.27. The smallest absolute Gasteiger partial charge is 0.321 e. The van der Waals surface area contributed by atoms with E-state index in [0.717, 1.165) is 48.7 Å². The van der Waals surface area contributed by atoms with Gasteiger partial charge in [0.1, 0.15) is 12.1 Å². The van der Waals surface area contributed by atoms with Crippen molar-refractivity contribution < 1.29 is 4.79 Å². The summed E-state index contributed by atoms with van der Waals surface area (Å²) in [6.45, 7) is 4.89. The van der Waals surface area contributed by atoms with Crippen LogP contribution in [0.5, 0.6) is 0 Å². The largest absolute Gasteiger partial charge is 0.353 e. The van der Waals surface area contributed by atoms with Crippen molar-refractivity contribution in [3.8, 4) is 0 Å². The van der Waals surface area contributed by atoms with Gasteiger partial charge in [-0.15, -0.1) is 0 Å². The molecule has 2 amide bonds. The highest BCUT2D eigenvalue weighted by molar-refractivity contribution is 5.90. The van der Waals surface area contributed by atoms with E-state index in [0.29, 0.717) is 18.9 Å². The van der Waals surface area contributed by atoms with Crippen molar-refractivity contribution >= 4 is 23.3 Å². The number of hydrogen-bond donors (Lipinski definition) is 1. The van der Waals surface area contributed by atoms with Crippen molar-refractivity contribution in [3.63, 3.8) is 0 Å². The number of benzene rings is 1. The molecule has 1 saturated heterocycles. The van der Waals surface area contributed by atoms with Crippen molar-refractivity contribution in [3.05, 3.63) is 47.4 Å². The van der Waals surface area contributed by atoms with Gasteiger partial charge in [0.15, 0.2) is 0 Å². The second kappa shape index (κ2) is 7.35. The fourth-order valence-corrected chi connectivity index (χ4v) is 4.32. The summed E-state index contributed by atoms with van der Waals surface area (Å²) in [6, 6.07) is 7.82. The topological polar surface area (TPSA) is 78.7 Å². The van der Waals surface area contributed by atoms with Crippen molar-refractivity contribution in [1.29, 1.82) is 0 Å². The number of nitrogens with one attached hydrogen (secondary N) is 1. The molecule has 1 fully saturated rings. The first-order chi connectivity index (χ1) is 14.2. The zero-order valence-corrected chi connectivity index (χ0v) is 16.6. The third kappa shape index (κ3) is 3.28. The maximum absolute atomic E-state index is 12.7. The molecule has 2 aliphatic rings. The lowest BCUT2D eigenvalue weighted by Gasteiger charge is -2.37. The summed E-state index contributed by atoms with van der Waals surface area (Å²) in [5.41, 5.74) is 4.39. The molecule has 150 valence electrons. The number of anilines is 2. The molecule has 29 heavy (non-hydrogen) atoms. The van der Waals surface area contributed by atoms with Crippen LogP contribution in [0.2, 0.25) is 0 Å². The van der Waals surface area contributed by atoms with Crippen LogP contribution in [0, 0.1) is 6.92 Å². The van der Waals surface area contributed by atoms with E-state index in [9.17, 15) is 4.79 Å². The summed E-state index contributed by atoms with van der Waals surface area (Å²) in [7, 11) is 0. The standard InChI is InChI=1S/C21H25N7O/c1-15-6-2-4-8-17(15)25-21(29)27-12-10-26(11-13-27)19-16-7-3-5-9-18(16)24-20-22-14-23-28(19)20/h2,4,6,8,14H,3,5,7,9-13H2,1H3,(H,25,29). The van der Waals surface area contributed by atoms with Crippen molar-refractivity contribution in [2.75, 3.05) is 36.4 Å². The fraction of sp³-hybridized carbons (Fsp3) is 0.429. The summed E-state index contributed by atoms with van der Waals surface area (Å²) in [5, 5.41) is 7.47. The number of aryl methyl sites for hydroxylation is 2. The number of rotatable bonds is 2. The quantitative estimate of drug-likeness (QED) is 0.727. The zero-order valence-electron chi connectivity index (χ0n) is 16.6. The van der Waals surface area contributed by atoms with E-state index in [-0.39, 0.29) is 6.03 Å². The normalized spacial score (nSPS) is 16.7. The number of carbonyl (C=O) groups excluding carboxylic acids is 1. The van der Waals surface area contributed by atoms with Gasteiger partial charge in [0, 0.05) is 37.4 Å². The van der Waals surface area contributed by atoms with Gasteiger partial charge in [0.2, 0.25) is 0 Å².